The van der Waals surface area contributed by atoms with E-state index in [1.54, 1.807) is 0 Å². The monoisotopic (exact) mass is 377 g/mol. The molecular formula is C24H27NO3. The van der Waals surface area contributed by atoms with E-state index in [1.165, 1.54) is 19.3 Å². The first-order valence-electron chi connectivity index (χ1n) is 10.6. The van der Waals surface area contributed by atoms with Crippen molar-refractivity contribution in [1.29, 1.82) is 0 Å². The summed E-state index contributed by atoms with van der Waals surface area (Å²) in [5.41, 5.74) is 1.80. The van der Waals surface area contributed by atoms with Gasteiger partial charge in [-0.3, -0.25) is 0 Å². The Labute approximate surface area is 166 Å². The summed E-state index contributed by atoms with van der Waals surface area (Å²) in [7, 11) is 0. The molecule has 0 amide bonds. The van der Waals surface area contributed by atoms with E-state index in [2.05, 4.69) is 17.5 Å². The number of benzene rings is 1. The highest BCUT2D eigenvalue weighted by atomic mass is 16.5. The van der Waals surface area contributed by atoms with Crippen molar-refractivity contribution in [2.75, 3.05) is 13.1 Å². The fourth-order valence-corrected chi connectivity index (χ4v) is 5.99. The molecule has 2 N–H and O–H groups in total. The lowest BCUT2D eigenvalue weighted by atomic mass is 9.55. The Morgan fingerprint density at radius 3 is 2.68 bits per heavy atom. The molecule has 2 unspecified atom stereocenters. The number of nitrogens with one attached hydrogen (secondary N) is 1. The van der Waals surface area contributed by atoms with Crippen molar-refractivity contribution >= 4 is 11.5 Å². The van der Waals surface area contributed by atoms with Crippen LogP contribution in [-0.2, 0) is 4.79 Å². The molecule has 2 aliphatic heterocycles. The van der Waals surface area contributed by atoms with Crippen LogP contribution < -0.4 is 10.1 Å². The van der Waals surface area contributed by atoms with Crippen LogP contribution in [0.15, 0.2) is 53.8 Å². The van der Waals surface area contributed by atoms with Gasteiger partial charge in [-0.15, -0.1) is 0 Å². The Balaban J connectivity index is 1.78. The summed E-state index contributed by atoms with van der Waals surface area (Å²) in [6, 6.07) is 7.56. The van der Waals surface area contributed by atoms with Crippen LogP contribution in [-0.4, -0.2) is 24.2 Å². The number of hydrogen-bond donors (Lipinski definition) is 2. The SMILES string of the molecule is O=C(O)C1=C2C(=CC=CC2(C2CCCCC2)C2CCNC2)Oc2ccccc21. The second-order valence-corrected chi connectivity index (χ2v) is 8.50. The first-order chi connectivity index (χ1) is 13.7. The number of allylic oxidation sites excluding steroid dienone is 4. The number of para-hydroxylation sites is 1. The van der Waals surface area contributed by atoms with E-state index in [0.717, 1.165) is 43.7 Å². The quantitative estimate of drug-likeness (QED) is 0.811. The summed E-state index contributed by atoms with van der Waals surface area (Å²) in [5.74, 6) is 1.39. The van der Waals surface area contributed by atoms with Gasteiger partial charge in [-0.1, -0.05) is 49.6 Å². The highest BCUT2D eigenvalue weighted by Gasteiger charge is 2.52. The van der Waals surface area contributed by atoms with Crippen LogP contribution in [0.1, 0.15) is 44.1 Å². The van der Waals surface area contributed by atoms with Crippen molar-refractivity contribution in [3.05, 3.63) is 59.4 Å². The van der Waals surface area contributed by atoms with Gasteiger partial charge in [0.05, 0.1) is 5.57 Å². The van der Waals surface area contributed by atoms with Crippen LogP contribution in [0.3, 0.4) is 0 Å². The molecule has 2 heterocycles. The molecule has 2 fully saturated rings. The van der Waals surface area contributed by atoms with Crippen LogP contribution in [0.4, 0.5) is 0 Å². The maximum absolute atomic E-state index is 12.6. The molecule has 1 aromatic carbocycles. The summed E-state index contributed by atoms with van der Waals surface area (Å²) in [6.07, 6.45) is 13.5. The van der Waals surface area contributed by atoms with Gasteiger partial charge in [-0.2, -0.15) is 0 Å². The number of carbonyl (C=O) groups is 1. The maximum atomic E-state index is 12.6. The van der Waals surface area contributed by atoms with Crippen molar-refractivity contribution < 1.29 is 14.6 Å². The average Bonchev–Trinajstić information content (AvgIpc) is 3.27. The zero-order valence-corrected chi connectivity index (χ0v) is 16.1. The first-order valence-corrected chi connectivity index (χ1v) is 10.6. The summed E-state index contributed by atoms with van der Waals surface area (Å²) in [6.45, 7) is 1.94. The Bertz CT molecular complexity index is 885. The molecule has 1 saturated heterocycles. The smallest absolute Gasteiger partial charge is 0.336 e. The van der Waals surface area contributed by atoms with Crippen LogP contribution in [0.5, 0.6) is 5.75 Å². The third-order valence-corrected chi connectivity index (χ3v) is 7.16. The van der Waals surface area contributed by atoms with E-state index in [0.29, 0.717) is 28.7 Å². The van der Waals surface area contributed by atoms with Crippen molar-refractivity contribution in [3.63, 3.8) is 0 Å². The van der Waals surface area contributed by atoms with Gasteiger partial charge in [-0.05, 0) is 56.3 Å². The van der Waals surface area contributed by atoms with Crippen molar-refractivity contribution in [1.82, 2.24) is 5.32 Å². The Morgan fingerprint density at radius 2 is 1.93 bits per heavy atom. The van der Waals surface area contributed by atoms with Gasteiger partial charge in [0.2, 0.25) is 0 Å². The molecule has 0 radical (unpaired) electrons. The molecule has 5 rings (SSSR count). The lowest BCUT2D eigenvalue weighted by molar-refractivity contribution is -0.130. The Morgan fingerprint density at radius 1 is 1.11 bits per heavy atom. The first kappa shape index (κ1) is 17.7. The predicted octanol–water partition coefficient (Wildman–Crippen LogP) is 4.55. The van der Waals surface area contributed by atoms with Crippen LogP contribution in [0, 0.1) is 17.3 Å². The molecule has 0 spiro atoms. The standard InChI is InChI=1S/C24H27NO3/c26-23(27)21-18-9-4-5-10-19(18)28-20-11-6-13-24(22(20)21,17-12-14-25-15-17)16-7-2-1-3-8-16/h4-6,9-11,13,16-17,25H,1-3,7-8,12,14-15H2,(H,26,27). The van der Waals surface area contributed by atoms with Gasteiger partial charge in [-0.25, -0.2) is 4.79 Å². The topological polar surface area (TPSA) is 58.6 Å². The second-order valence-electron chi connectivity index (χ2n) is 8.50. The maximum Gasteiger partial charge on any atom is 0.336 e. The number of fused-ring (bicyclic) bond motifs is 2. The van der Waals surface area contributed by atoms with Gasteiger partial charge in [0.25, 0.3) is 0 Å². The molecule has 28 heavy (non-hydrogen) atoms. The average molecular weight is 377 g/mol. The fourth-order valence-electron chi connectivity index (χ4n) is 5.99. The molecule has 4 nitrogen and oxygen atoms in total. The van der Waals surface area contributed by atoms with E-state index in [4.69, 9.17) is 4.74 Å². The number of rotatable bonds is 3. The lowest BCUT2D eigenvalue weighted by Gasteiger charge is -2.49. The number of ether oxygens (including phenoxy) is 1. The molecule has 2 atom stereocenters. The van der Waals surface area contributed by atoms with Gasteiger partial charge >= 0.3 is 5.97 Å². The molecule has 1 aromatic rings. The van der Waals surface area contributed by atoms with Crippen LogP contribution in [0.2, 0.25) is 0 Å². The summed E-state index contributed by atoms with van der Waals surface area (Å²) >= 11 is 0. The molecule has 146 valence electrons. The van der Waals surface area contributed by atoms with Crippen molar-refractivity contribution in [2.45, 2.75) is 38.5 Å². The number of aliphatic carboxylic acids is 1. The van der Waals surface area contributed by atoms with Gasteiger partial charge in [0, 0.05) is 16.6 Å². The van der Waals surface area contributed by atoms with Gasteiger partial charge < -0.3 is 15.2 Å². The van der Waals surface area contributed by atoms with E-state index >= 15 is 0 Å². The molecule has 4 aliphatic rings. The third-order valence-electron chi connectivity index (χ3n) is 7.16. The highest BCUT2D eigenvalue weighted by Crippen LogP contribution is 2.58. The van der Waals surface area contributed by atoms with E-state index in [-0.39, 0.29) is 5.41 Å². The van der Waals surface area contributed by atoms with Crippen LogP contribution >= 0.6 is 0 Å². The largest absolute Gasteiger partial charge is 0.478 e. The minimum atomic E-state index is -0.849. The zero-order chi connectivity index (χ0) is 19.1. The van der Waals surface area contributed by atoms with Crippen molar-refractivity contribution in [2.24, 2.45) is 17.3 Å². The molecule has 0 bridgehead atoms. The third kappa shape index (κ3) is 2.58. The van der Waals surface area contributed by atoms with Gasteiger partial charge in [0.1, 0.15) is 11.5 Å². The number of carboxylic acid groups (broad SMARTS) is 1. The van der Waals surface area contributed by atoms with Crippen molar-refractivity contribution in [3.8, 4) is 5.75 Å². The minimum Gasteiger partial charge on any atom is -0.478 e. The number of carboxylic acids is 1. The summed E-state index contributed by atoms with van der Waals surface area (Å²) in [4.78, 5) is 12.6. The van der Waals surface area contributed by atoms with E-state index < -0.39 is 5.97 Å². The molecule has 1 saturated carbocycles. The van der Waals surface area contributed by atoms with Gasteiger partial charge in [0.15, 0.2) is 0 Å². The second kappa shape index (κ2) is 6.93. The number of hydrogen-bond acceptors (Lipinski definition) is 3. The molecular weight excluding hydrogens is 350 g/mol. The Kier molecular flexibility index (Phi) is 4.39. The molecule has 2 aliphatic carbocycles. The van der Waals surface area contributed by atoms with E-state index in [9.17, 15) is 9.90 Å². The normalized spacial score (nSPS) is 29.7. The highest BCUT2D eigenvalue weighted by molar-refractivity contribution is 6.19. The van der Waals surface area contributed by atoms with E-state index in [1.807, 2.05) is 30.3 Å². The Hall–Kier alpha value is -2.33. The lowest BCUT2D eigenvalue weighted by Crippen LogP contribution is -2.44. The molecule has 4 heteroatoms. The fraction of sp³-hybridized carbons (Fsp3) is 0.458. The summed E-state index contributed by atoms with van der Waals surface area (Å²) in [5, 5.41) is 13.8. The zero-order valence-electron chi connectivity index (χ0n) is 16.1. The summed E-state index contributed by atoms with van der Waals surface area (Å²) < 4.78 is 6.29. The van der Waals surface area contributed by atoms with Crippen LogP contribution in [0.25, 0.3) is 5.57 Å². The molecule has 0 aromatic heterocycles. The predicted molar refractivity (Wildman–Crippen MR) is 109 cm³/mol. The minimum absolute atomic E-state index is 0.269.